The van der Waals surface area contributed by atoms with Gasteiger partial charge < -0.3 is 0 Å². The monoisotopic (exact) mass is 416 g/mol. The van der Waals surface area contributed by atoms with Crippen molar-refractivity contribution in [2.75, 3.05) is 0 Å². The number of benzene rings is 1. The molecule has 1 aliphatic carbocycles. The first kappa shape index (κ1) is 21.5. The van der Waals surface area contributed by atoms with E-state index in [0.29, 0.717) is 11.5 Å². The van der Waals surface area contributed by atoms with Crippen LogP contribution in [0.3, 0.4) is 0 Å². The van der Waals surface area contributed by atoms with Crippen LogP contribution >= 0.6 is 0 Å². The van der Waals surface area contributed by atoms with Crippen molar-refractivity contribution in [1.82, 2.24) is 0 Å². The Hall–Kier alpha value is -1.17. The summed E-state index contributed by atoms with van der Waals surface area (Å²) in [5.41, 5.74) is -0.797. The molecule has 0 spiro atoms. The molecule has 0 amide bonds. The first-order chi connectivity index (χ1) is 13.4. The molecule has 2 aliphatic rings. The summed E-state index contributed by atoms with van der Waals surface area (Å²) in [5, 5.41) is 0. The zero-order valence-corrected chi connectivity index (χ0v) is 17.6. The normalized spacial score (nSPS) is 28.2. The third-order valence-corrected chi connectivity index (χ3v) is 10.6. The fraction of sp³-hybridized carbons (Fsp3) is 0.636. The van der Waals surface area contributed by atoms with Crippen molar-refractivity contribution >= 4 is 14.6 Å². The maximum Gasteiger partial charge on any atom is 0.306 e. The second-order valence-electron chi connectivity index (χ2n) is 8.62. The molecule has 3 rings (SSSR count). The predicted molar refractivity (Wildman–Crippen MR) is 106 cm³/mol. The average molecular weight is 417 g/mol. The third-order valence-electron chi connectivity index (χ3n) is 6.95. The van der Waals surface area contributed by atoms with Crippen LogP contribution in [0.15, 0.2) is 18.2 Å². The lowest BCUT2D eigenvalue weighted by molar-refractivity contribution is 0.216. The summed E-state index contributed by atoms with van der Waals surface area (Å²) in [7, 11) is -0.484. The molecule has 6 heteroatoms. The van der Waals surface area contributed by atoms with E-state index < -0.39 is 37.9 Å². The molecule has 0 atom stereocenters. The molecule has 28 heavy (non-hydrogen) atoms. The summed E-state index contributed by atoms with van der Waals surface area (Å²) in [6.45, 7) is 2.28. The number of hydrogen-bond acceptors (Lipinski definition) is 0. The van der Waals surface area contributed by atoms with Crippen molar-refractivity contribution in [2.24, 2.45) is 11.8 Å². The Labute approximate surface area is 165 Å². The van der Waals surface area contributed by atoms with Gasteiger partial charge in [-0.3, -0.25) is 0 Å². The number of rotatable bonds is 5. The average Bonchev–Trinajstić information content (AvgIpc) is 2.68. The van der Waals surface area contributed by atoms with Crippen LogP contribution in [0.1, 0.15) is 68.9 Å². The van der Waals surface area contributed by atoms with E-state index in [1.54, 1.807) is 0 Å². The van der Waals surface area contributed by atoms with Gasteiger partial charge in [0.15, 0.2) is 0 Å². The molecule has 0 aromatic heterocycles. The standard InChI is InChI=1S/C22H29F5Si/c1-2-9-28-10-7-16(8-11-28)14-3-5-15(6-4-14)17-12-18(23)20(19(24)13-17)21(25)22(26)27/h12-16,28H,2-11H2,1H3/t14-,15-,16-,28-. The van der Waals surface area contributed by atoms with Gasteiger partial charge in [0, 0.05) is 8.80 Å². The number of halogens is 5. The lowest BCUT2D eigenvalue weighted by Crippen LogP contribution is -2.28. The fourth-order valence-corrected chi connectivity index (χ4v) is 8.89. The molecular weight excluding hydrogens is 387 g/mol. The van der Waals surface area contributed by atoms with E-state index in [9.17, 15) is 22.0 Å². The Morgan fingerprint density at radius 2 is 1.43 bits per heavy atom. The topological polar surface area (TPSA) is 0 Å². The van der Waals surface area contributed by atoms with Gasteiger partial charge in [-0.1, -0.05) is 44.3 Å². The molecule has 0 unspecified atom stereocenters. The minimum Gasteiger partial charge on any atom is -0.206 e. The van der Waals surface area contributed by atoms with Crippen LogP contribution in [0.25, 0.3) is 5.83 Å². The van der Waals surface area contributed by atoms with Crippen LogP contribution in [-0.4, -0.2) is 8.80 Å². The van der Waals surface area contributed by atoms with E-state index in [0.717, 1.165) is 43.7 Å². The maximum atomic E-state index is 14.1. The first-order valence-corrected chi connectivity index (χ1v) is 13.1. The highest BCUT2D eigenvalue weighted by Gasteiger charge is 2.32. The summed E-state index contributed by atoms with van der Waals surface area (Å²) < 4.78 is 66.3. The van der Waals surface area contributed by atoms with E-state index in [-0.39, 0.29) is 5.92 Å². The van der Waals surface area contributed by atoms with E-state index in [2.05, 4.69) is 6.92 Å². The Morgan fingerprint density at radius 1 is 0.893 bits per heavy atom. The third kappa shape index (κ3) is 4.86. The van der Waals surface area contributed by atoms with Gasteiger partial charge in [-0.2, -0.15) is 8.78 Å². The maximum absolute atomic E-state index is 14.1. The molecule has 0 nitrogen and oxygen atoms in total. The Morgan fingerprint density at radius 3 is 1.93 bits per heavy atom. The molecule has 156 valence electrons. The molecule has 1 aromatic rings. The molecule has 1 saturated heterocycles. The lowest BCUT2D eigenvalue weighted by atomic mass is 9.72. The van der Waals surface area contributed by atoms with Crippen LogP contribution in [0.5, 0.6) is 0 Å². The Bertz CT molecular complexity index is 674. The van der Waals surface area contributed by atoms with Crippen LogP contribution < -0.4 is 0 Å². The second-order valence-corrected chi connectivity index (χ2v) is 12.1. The summed E-state index contributed by atoms with van der Waals surface area (Å²) >= 11 is 0. The summed E-state index contributed by atoms with van der Waals surface area (Å²) in [6.07, 6.45) is 5.12. The Balaban J connectivity index is 1.60. The van der Waals surface area contributed by atoms with Gasteiger partial charge in [0.1, 0.15) is 11.6 Å². The van der Waals surface area contributed by atoms with E-state index in [4.69, 9.17) is 0 Å². The van der Waals surface area contributed by atoms with Crippen molar-refractivity contribution < 1.29 is 22.0 Å². The minimum absolute atomic E-state index is 0.0161. The van der Waals surface area contributed by atoms with Crippen LogP contribution in [0.4, 0.5) is 22.0 Å². The van der Waals surface area contributed by atoms with Crippen LogP contribution in [-0.2, 0) is 0 Å². The summed E-state index contributed by atoms with van der Waals surface area (Å²) in [5.74, 6) is -3.11. The first-order valence-electron chi connectivity index (χ1n) is 10.6. The van der Waals surface area contributed by atoms with Crippen molar-refractivity contribution in [3.63, 3.8) is 0 Å². The largest absolute Gasteiger partial charge is 0.306 e. The predicted octanol–water partition coefficient (Wildman–Crippen LogP) is 7.82. The zero-order valence-electron chi connectivity index (χ0n) is 16.4. The molecule has 1 heterocycles. The molecule has 1 saturated carbocycles. The van der Waals surface area contributed by atoms with E-state index in [1.807, 2.05) is 0 Å². The van der Waals surface area contributed by atoms with Crippen LogP contribution in [0.2, 0.25) is 18.1 Å². The van der Waals surface area contributed by atoms with Gasteiger partial charge in [0.2, 0.25) is 5.83 Å². The van der Waals surface area contributed by atoms with Gasteiger partial charge >= 0.3 is 6.08 Å². The lowest BCUT2D eigenvalue weighted by Gasteiger charge is -2.37. The summed E-state index contributed by atoms with van der Waals surface area (Å²) in [4.78, 5) is 0. The van der Waals surface area contributed by atoms with E-state index >= 15 is 0 Å². The fourth-order valence-electron chi connectivity index (χ4n) is 5.41. The SMILES string of the molecule is CCC[Si@H]1CC[C@H]([C@H]2CC[C@H](c3cc(F)c(C(F)=C(F)F)c(F)c3)CC2)CC1. The quantitative estimate of drug-likeness (QED) is 0.339. The smallest absolute Gasteiger partial charge is 0.206 e. The van der Waals surface area contributed by atoms with Crippen molar-refractivity contribution in [3.8, 4) is 0 Å². The zero-order chi connectivity index (χ0) is 20.3. The van der Waals surface area contributed by atoms with Crippen LogP contribution in [0, 0.1) is 23.5 Å². The molecule has 2 fully saturated rings. The second kappa shape index (κ2) is 9.55. The summed E-state index contributed by atoms with van der Waals surface area (Å²) in [6, 6.07) is 6.46. The van der Waals surface area contributed by atoms with Gasteiger partial charge in [0.25, 0.3) is 0 Å². The van der Waals surface area contributed by atoms with E-state index in [1.165, 1.54) is 37.4 Å². The molecular formula is C22H29F5Si. The van der Waals surface area contributed by atoms with Crippen molar-refractivity contribution in [2.45, 2.75) is 75.9 Å². The van der Waals surface area contributed by atoms with Gasteiger partial charge in [-0.25, -0.2) is 13.2 Å². The molecule has 0 bridgehead atoms. The molecule has 0 N–H and O–H groups in total. The van der Waals surface area contributed by atoms with Gasteiger partial charge in [0.05, 0.1) is 5.56 Å². The van der Waals surface area contributed by atoms with Crippen molar-refractivity contribution in [3.05, 3.63) is 41.0 Å². The minimum atomic E-state index is -2.71. The highest BCUT2D eigenvalue weighted by Crippen LogP contribution is 2.44. The molecule has 1 aliphatic heterocycles. The van der Waals surface area contributed by atoms with Crippen molar-refractivity contribution in [1.29, 1.82) is 0 Å². The van der Waals surface area contributed by atoms with Gasteiger partial charge in [-0.05, 0) is 61.1 Å². The molecule has 0 radical (unpaired) electrons. The van der Waals surface area contributed by atoms with Gasteiger partial charge in [-0.15, -0.1) is 0 Å². The highest BCUT2D eigenvalue weighted by molar-refractivity contribution is 6.58. The molecule has 1 aromatic carbocycles. The Kier molecular flexibility index (Phi) is 7.34. The number of hydrogen-bond donors (Lipinski definition) is 0. The highest BCUT2D eigenvalue weighted by atomic mass is 28.3.